The van der Waals surface area contributed by atoms with Gasteiger partial charge in [0.1, 0.15) is 29.7 Å². The van der Waals surface area contributed by atoms with E-state index >= 15 is 4.39 Å². The summed E-state index contributed by atoms with van der Waals surface area (Å²) in [6.07, 6.45) is 3.03. The van der Waals surface area contributed by atoms with Crippen molar-refractivity contribution in [2.75, 3.05) is 23.7 Å². The molecule has 2 aromatic carbocycles. The predicted molar refractivity (Wildman–Crippen MR) is 129 cm³/mol. The van der Waals surface area contributed by atoms with Gasteiger partial charge in [0.05, 0.1) is 28.6 Å². The molecule has 1 atom stereocenters. The Hall–Kier alpha value is -3.84. The number of aromatic nitrogens is 3. The number of benzene rings is 2. The summed E-state index contributed by atoms with van der Waals surface area (Å²) < 4.78 is 76.7. The molecule has 2 aromatic heterocycles. The van der Waals surface area contributed by atoms with Gasteiger partial charge in [0.25, 0.3) is 10.0 Å². The van der Waals surface area contributed by atoms with Crippen LogP contribution in [-0.4, -0.2) is 42.1 Å². The Morgan fingerprint density at radius 2 is 1.95 bits per heavy atom. The van der Waals surface area contributed by atoms with Crippen molar-refractivity contribution in [3.8, 4) is 5.75 Å². The minimum Gasteiger partial charge on any atom is -0.494 e. The van der Waals surface area contributed by atoms with Gasteiger partial charge in [-0.15, -0.1) is 0 Å². The minimum atomic E-state index is -4.47. The van der Waals surface area contributed by atoms with Crippen LogP contribution in [0, 0.1) is 23.4 Å². The van der Waals surface area contributed by atoms with Crippen LogP contribution in [0.4, 0.5) is 24.7 Å². The van der Waals surface area contributed by atoms with Gasteiger partial charge in [-0.05, 0) is 49.1 Å². The average molecular weight is 534 g/mol. The van der Waals surface area contributed by atoms with Crippen LogP contribution in [-0.2, 0) is 10.0 Å². The Morgan fingerprint density at radius 1 is 1.16 bits per heavy atom. The summed E-state index contributed by atoms with van der Waals surface area (Å²) in [4.78, 5) is 10.7. The summed E-state index contributed by atoms with van der Waals surface area (Å²) in [7, 11) is -3.25. The molecule has 9 nitrogen and oxygen atoms in total. The molecule has 4 N–H and O–H groups in total. The van der Waals surface area contributed by atoms with Crippen molar-refractivity contribution in [1.29, 1.82) is 0 Å². The molecule has 0 saturated heterocycles. The second-order valence-electron chi connectivity index (χ2n) is 8.64. The predicted octanol–water partition coefficient (Wildman–Crippen LogP) is 4.09. The second-order valence-corrected chi connectivity index (χ2v) is 10.3. The SMILES string of the molecule is COc1ccc(S(=O)(=O)Nc2ccc(F)c(C(O)c3c[nH]c4ncnc(NCC5CC5)c34)c2F)cc1F. The van der Waals surface area contributed by atoms with Crippen LogP contribution in [0.25, 0.3) is 11.0 Å². The van der Waals surface area contributed by atoms with Crippen molar-refractivity contribution >= 4 is 32.6 Å². The number of halogens is 3. The number of aromatic amines is 1. The molecule has 1 aliphatic carbocycles. The number of nitrogens with zero attached hydrogens (tertiary/aromatic N) is 2. The van der Waals surface area contributed by atoms with Gasteiger partial charge in [0.15, 0.2) is 17.4 Å². The highest BCUT2D eigenvalue weighted by Gasteiger charge is 2.28. The summed E-state index contributed by atoms with van der Waals surface area (Å²) in [5, 5.41) is 14.6. The lowest BCUT2D eigenvalue weighted by molar-refractivity contribution is 0.211. The van der Waals surface area contributed by atoms with Gasteiger partial charge < -0.3 is 20.1 Å². The number of H-pyrrole nitrogens is 1. The van der Waals surface area contributed by atoms with Gasteiger partial charge >= 0.3 is 0 Å². The fraction of sp³-hybridized carbons (Fsp3) is 0.250. The number of hydrogen-bond acceptors (Lipinski definition) is 7. The molecule has 1 saturated carbocycles. The van der Waals surface area contributed by atoms with E-state index in [1.165, 1.54) is 19.6 Å². The van der Waals surface area contributed by atoms with Gasteiger partial charge in [-0.2, -0.15) is 0 Å². The summed E-state index contributed by atoms with van der Waals surface area (Å²) in [6, 6.07) is 4.59. The number of aliphatic hydroxyl groups excluding tert-OH is 1. The van der Waals surface area contributed by atoms with E-state index in [0.29, 0.717) is 35.4 Å². The van der Waals surface area contributed by atoms with Gasteiger partial charge in [-0.25, -0.2) is 31.6 Å². The molecule has 0 amide bonds. The first-order valence-electron chi connectivity index (χ1n) is 11.3. The van der Waals surface area contributed by atoms with Gasteiger partial charge in [-0.1, -0.05) is 0 Å². The average Bonchev–Trinajstić information content (AvgIpc) is 3.60. The molecule has 1 fully saturated rings. The van der Waals surface area contributed by atoms with Crippen molar-refractivity contribution in [2.24, 2.45) is 5.92 Å². The molecule has 1 unspecified atom stereocenters. The lowest BCUT2D eigenvalue weighted by Crippen LogP contribution is -2.16. The Labute approximate surface area is 209 Å². The van der Waals surface area contributed by atoms with Crippen LogP contribution < -0.4 is 14.8 Å². The van der Waals surface area contributed by atoms with Gasteiger partial charge in [-0.3, -0.25) is 4.72 Å². The summed E-state index contributed by atoms with van der Waals surface area (Å²) in [5.41, 5.74) is -0.959. The number of fused-ring (bicyclic) bond motifs is 1. The van der Waals surface area contributed by atoms with Crippen LogP contribution in [0.3, 0.4) is 0 Å². The summed E-state index contributed by atoms with van der Waals surface area (Å²) in [6.45, 7) is 0.652. The minimum absolute atomic E-state index is 0.101. The molecule has 194 valence electrons. The Morgan fingerprint density at radius 3 is 2.65 bits per heavy atom. The molecular weight excluding hydrogens is 511 g/mol. The number of nitrogens with one attached hydrogen (secondary N) is 3. The fourth-order valence-corrected chi connectivity index (χ4v) is 5.04. The summed E-state index contributed by atoms with van der Waals surface area (Å²) in [5.74, 6) is -2.63. The molecule has 0 spiro atoms. The lowest BCUT2D eigenvalue weighted by atomic mass is 10.00. The standard InChI is InChI=1S/C24H22F3N5O4S/c1-36-18-7-4-13(8-16(18)26)37(34,35)32-17-6-5-15(25)20(21(17)27)22(33)14-10-29-24-19(14)23(30-11-31-24)28-9-12-2-3-12/h4-8,10-12,22,32-33H,2-3,9H2,1H3,(H2,28,29,30,31). The van der Waals surface area contributed by atoms with Crippen molar-refractivity contribution < 1.29 is 31.4 Å². The third-order valence-corrected chi connectivity index (χ3v) is 7.49. The van der Waals surface area contributed by atoms with Crippen LogP contribution in [0.1, 0.15) is 30.1 Å². The van der Waals surface area contributed by atoms with E-state index in [1.54, 1.807) is 0 Å². The van der Waals surface area contributed by atoms with Crippen LogP contribution in [0.15, 0.2) is 47.8 Å². The molecule has 13 heteroatoms. The maximum absolute atomic E-state index is 15.5. The van der Waals surface area contributed by atoms with Gasteiger partial charge in [0, 0.05) is 18.3 Å². The molecule has 0 radical (unpaired) electrons. The molecule has 37 heavy (non-hydrogen) atoms. The van der Waals surface area contributed by atoms with Crippen molar-refractivity contribution in [2.45, 2.75) is 23.8 Å². The van der Waals surface area contributed by atoms with Crippen molar-refractivity contribution in [3.05, 3.63) is 71.4 Å². The van der Waals surface area contributed by atoms with Crippen LogP contribution in [0.5, 0.6) is 5.75 Å². The highest BCUT2D eigenvalue weighted by molar-refractivity contribution is 7.92. The number of anilines is 2. The van der Waals surface area contributed by atoms with Crippen molar-refractivity contribution in [3.63, 3.8) is 0 Å². The Kier molecular flexibility index (Phi) is 6.42. The van der Waals surface area contributed by atoms with E-state index < -0.39 is 49.7 Å². The molecule has 0 aliphatic heterocycles. The maximum Gasteiger partial charge on any atom is 0.262 e. The number of ether oxygens (including phenoxy) is 1. The van der Waals surface area contributed by atoms with Crippen LogP contribution in [0.2, 0.25) is 0 Å². The first-order chi connectivity index (χ1) is 17.7. The lowest BCUT2D eigenvalue weighted by Gasteiger charge is -2.17. The quantitative estimate of drug-likeness (QED) is 0.255. The first kappa shape index (κ1) is 24.8. The highest BCUT2D eigenvalue weighted by atomic mass is 32.2. The second kappa shape index (κ2) is 9.56. The molecule has 1 aliphatic rings. The van der Waals surface area contributed by atoms with E-state index in [1.807, 2.05) is 4.72 Å². The number of rotatable bonds is 9. The third kappa shape index (κ3) is 4.79. The first-order valence-corrected chi connectivity index (χ1v) is 12.8. The Balaban J connectivity index is 1.50. The third-order valence-electron chi connectivity index (χ3n) is 6.13. The normalized spacial score (nSPS) is 14.5. The molecule has 4 aromatic rings. The van der Waals surface area contributed by atoms with Crippen molar-refractivity contribution in [1.82, 2.24) is 15.0 Å². The summed E-state index contributed by atoms with van der Waals surface area (Å²) >= 11 is 0. The van der Waals surface area contributed by atoms with E-state index in [-0.39, 0.29) is 11.3 Å². The molecule has 5 rings (SSSR count). The number of sulfonamides is 1. The van der Waals surface area contributed by atoms with E-state index in [0.717, 1.165) is 37.1 Å². The molecular formula is C24H22F3N5O4S. The van der Waals surface area contributed by atoms with Crippen LogP contribution >= 0.6 is 0 Å². The number of hydrogen-bond donors (Lipinski definition) is 4. The Bertz CT molecular complexity index is 1590. The largest absolute Gasteiger partial charge is 0.494 e. The molecule has 2 heterocycles. The zero-order valence-corrected chi connectivity index (χ0v) is 20.2. The topological polar surface area (TPSA) is 129 Å². The molecule has 0 bridgehead atoms. The fourth-order valence-electron chi connectivity index (χ4n) is 3.97. The zero-order valence-electron chi connectivity index (χ0n) is 19.4. The number of methoxy groups -OCH3 is 1. The highest BCUT2D eigenvalue weighted by Crippen LogP contribution is 2.37. The zero-order chi connectivity index (χ0) is 26.3. The van der Waals surface area contributed by atoms with E-state index in [9.17, 15) is 22.3 Å². The van der Waals surface area contributed by atoms with E-state index in [4.69, 9.17) is 4.74 Å². The number of aliphatic hydroxyl groups is 1. The monoisotopic (exact) mass is 533 g/mol. The van der Waals surface area contributed by atoms with E-state index in [2.05, 4.69) is 20.3 Å². The van der Waals surface area contributed by atoms with Gasteiger partial charge in [0.2, 0.25) is 0 Å². The smallest absolute Gasteiger partial charge is 0.262 e. The maximum atomic E-state index is 15.5.